The standard InChI is InChI=1S/C24H21ClF2N4O3/c1-24(2,33)19-6-3-12(9-29-19)16-11-31-20(10-28-16)30-21-17(32)8-15(22(21)31)14-7-13(25)4-5-18(14)34-23(26)27/h3-7,9-11,15,17,23,32-33H,8H2,1-2H3/t15-,17-/m1/s1. The van der Waals surface area contributed by atoms with Gasteiger partial charge < -0.3 is 14.9 Å². The minimum absolute atomic E-state index is 0.0000801. The van der Waals surface area contributed by atoms with E-state index in [1.807, 2.05) is 6.07 Å². The number of pyridine rings is 1. The lowest BCUT2D eigenvalue weighted by atomic mass is 9.95. The van der Waals surface area contributed by atoms with Crippen LogP contribution in [0, 0.1) is 0 Å². The van der Waals surface area contributed by atoms with Gasteiger partial charge in [0.05, 0.1) is 35.1 Å². The first-order valence-electron chi connectivity index (χ1n) is 10.6. The smallest absolute Gasteiger partial charge is 0.387 e. The molecule has 3 aromatic heterocycles. The van der Waals surface area contributed by atoms with Crippen LogP contribution in [0.5, 0.6) is 5.75 Å². The van der Waals surface area contributed by atoms with Gasteiger partial charge in [-0.15, -0.1) is 0 Å². The lowest BCUT2D eigenvalue weighted by Gasteiger charge is -2.18. The van der Waals surface area contributed by atoms with Crippen molar-refractivity contribution in [3.63, 3.8) is 0 Å². The van der Waals surface area contributed by atoms with Crippen LogP contribution in [0.4, 0.5) is 8.78 Å². The highest BCUT2D eigenvalue weighted by molar-refractivity contribution is 6.30. The van der Waals surface area contributed by atoms with Crippen LogP contribution in [-0.2, 0) is 5.60 Å². The van der Waals surface area contributed by atoms with E-state index < -0.39 is 24.2 Å². The molecule has 5 rings (SSSR count). The molecule has 0 fully saturated rings. The first-order chi connectivity index (χ1) is 16.1. The molecule has 1 aliphatic rings. The van der Waals surface area contributed by atoms with Gasteiger partial charge in [0.15, 0.2) is 5.65 Å². The number of alkyl halides is 2. The summed E-state index contributed by atoms with van der Waals surface area (Å²) in [5.74, 6) is -0.474. The number of fused-ring (bicyclic) bond motifs is 3. The normalized spacial score (nSPS) is 18.0. The lowest BCUT2D eigenvalue weighted by Crippen LogP contribution is -2.17. The van der Waals surface area contributed by atoms with Gasteiger partial charge in [0.2, 0.25) is 0 Å². The minimum Gasteiger partial charge on any atom is -0.435 e. The van der Waals surface area contributed by atoms with Crippen molar-refractivity contribution in [3.05, 3.63) is 76.6 Å². The molecule has 2 atom stereocenters. The average molecular weight is 487 g/mol. The first kappa shape index (κ1) is 22.6. The Kier molecular flexibility index (Phi) is 5.50. The molecule has 176 valence electrons. The number of aliphatic hydroxyl groups is 2. The summed E-state index contributed by atoms with van der Waals surface area (Å²) in [6.45, 7) is 0.311. The van der Waals surface area contributed by atoms with Crippen LogP contribution in [0.15, 0.2) is 48.9 Å². The van der Waals surface area contributed by atoms with E-state index in [-0.39, 0.29) is 12.2 Å². The van der Waals surface area contributed by atoms with Crippen molar-refractivity contribution in [2.75, 3.05) is 0 Å². The Bertz CT molecular complexity index is 1370. The van der Waals surface area contributed by atoms with Gasteiger partial charge in [0.25, 0.3) is 0 Å². The van der Waals surface area contributed by atoms with Crippen LogP contribution in [0.3, 0.4) is 0 Å². The summed E-state index contributed by atoms with van der Waals surface area (Å²) in [6.07, 6.45) is 4.34. The molecule has 0 aliphatic heterocycles. The van der Waals surface area contributed by atoms with Gasteiger partial charge in [-0.25, -0.2) is 4.98 Å². The van der Waals surface area contributed by atoms with Crippen molar-refractivity contribution in [1.29, 1.82) is 0 Å². The van der Waals surface area contributed by atoms with Crippen LogP contribution in [0.25, 0.3) is 16.9 Å². The van der Waals surface area contributed by atoms with Crippen molar-refractivity contribution in [1.82, 2.24) is 19.4 Å². The average Bonchev–Trinajstić information content (AvgIpc) is 3.31. The molecule has 0 bridgehead atoms. The zero-order valence-corrected chi connectivity index (χ0v) is 19.0. The number of aromatic nitrogens is 4. The van der Waals surface area contributed by atoms with Crippen molar-refractivity contribution in [2.24, 2.45) is 0 Å². The highest BCUT2D eigenvalue weighted by Crippen LogP contribution is 2.47. The summed E-state index contributed by atoms with van der Waals surface area (Å²) in [6, 6.07) is 8.00. The number of hydrogen-bond acceptors (Lipinski definition) is 6. The molecule has 0 saturated heterocycles. The fourth-order valence-electron chi connectivity index (χ4n) is 4.35. The van der Waals surface area contributed by atoms with E-state index in [9.17, 15) is 19.0 Å². The maximum atomic E-state index is 13.0. The van der Waals surface area contributed by atoms with Crippen LogP contribution >= 0.6 is 11.6 Å². The summed E-state index contributed by atoms with van der Waals surface area (Å²) in [5.41, 5.74) is 2.85. The Labute approximate surface area is 198 Å². The van der Waals surface area contributed by atoms with Gasteiger partial charge in [0.1, 0.15) is 11.4 Å². The Balaban J connectivity index is 1.62. The van der Waals surface area contributed by atoms with Crippen molar-refractivity contribution in [2.45, 2.75) is 44.5 Å². The van der Waals surface area contributed by atoms with Crippen LogP contribution in [0.2, 0.25) is 5.02 Å². The third-order valence-corrected chi connectivity index (χ3v) is 6.16. The number of nitrogens with zero attached hydrogens (tertiary/aromatic N) is 4. The lowest BCUT2D eigenvalue weighted by molar-refractivity contribution is -0.0506. The molecule has 4 aromatic rings. The van der Waals surface area contributed by atoms with E-state index in [4.69, 9.17) is 16.3 Å². The fourth-order valence-corrected chi connectivity index (χ4v) is 4.54. The monoisotopic (exact) mass is 486 g/mol. The molecule has 7 nitrogen and oxygen atoms in total. The maximum absolute atomic E-state index is 13.0. The molecule has 0 unspecified atom stereocenters. The van der Waals surface area contributed by atoms with Gasteiger partial charge in [0, 0.05) is 34.5 Å². The zero-order chi connectivity index (χ0) is 24.2. The number of imidazole rings is 1. The van der Waals surface area contributed by atoms with Gasteiger partial charge in [-0.1, -0.05) is 11.6 Å². The second kappa shape index (κ2) is 8.26. The molecule has 0 radical (unpaired) electrons. The van der Waals surface area contributed by atoms with E-state index in [0.717, 1.165) is 5.56 Å². The number of aliphatic hydroxyl groups excluding tert-OH is 1. The molecule has 2 N–H and O–H groups in total. The van der Waals surface area contributed by atoms with E-state index >= 15 is 0 Å². The number of ether oxygens (including phenoxy) is 1. The first-order valence-corrected chi connectivity index (χ1v) is 11.0. The van der Waals surface area contributed by atoms with Crippen molar-refractivity contribution < 1.29 is 23.7 Å². The molecular weight excluding hydrogens is 466 g/mol. The van der Waals surface area contributed by atoms with Crippen LogP contribution in [-0.4, -0.2) is 36.2 Å². The summed E-state index contributed by atoms with van der Waals surface area (Å²) < 4.78 is 32.6. The SMILES string of the molecule is CC(C)(O)c1ccc(-c2cn3c4c(nc3cn2)[C@H](O)C[C@@H]4c2cc(Cl)ccc2OC(F)F)cn1. The summed E-state index contributed by atoms with van der Waals surface area (Å²) in [5, 5.41) is 21.2. The molecule has 0 amide bonds. The highest BCUT2D eigenvalue weighted by Gasteiger charge is 2.37. The molecule has 34 heavy (non-hydrogen) atoms. The quantitative estimate of drug-likeness (QED) is 0.419. The number of benzene rings is 1. The van der Waals surface area contributed by atoms with Gasteiger partial charge in [-0.05, 0) is 50.6 Å². The second-order valence-corrected chi connectivity index (χ2v) is 9.18. The Hall–Kier alpha value is -3.14. The minimum atomic E-state index is -3.00. The number of hydrogen-bond donors (Lipinski definition) is 2. The van der Waals surface area contributed by atoms with Gasteiger partial charge in [-0.2, -0.15) is 8.78 Å². The van der Waals surface area contributed by atoms with E-state index in [0.29, 0.717) is 39.0 Å². The second-order valence-electron chi connectivity index (χ2n) is 8.74. The van der Waals surface area contributed by atoms with Crippen molar-refractivity contribution in [3.8, 4) is 17.0 Å². The fraction of sp³-hybridized carbons (Fsp3) is 0.292. The molecule has 0 saturated carbocycles. The van der Waals surface area contributed by atoms with Gasteiger partial charge in [-0.3, -0.25) is 14.4 Å². The topological polar surface area (TPSA) is 92.8 Å². The predicted molar refractivity (Wildman–Crippen MR) is 121 cm³/mol. The predicted octanol–water partition coefficient (Wildman–Crippen LogP) is 4.84. The summed E-state index contributed by atoms with van der Waals surface area (Å²) in [7, 11) is 0. The Morgan fingerprint density at radius 3 is 2.65 bits per heavy atom. The molecule has 1 aliphatic carbocycles. The van der Waals surface area contributed by atoms with Crippen LogP contribution < -0.4 is 4.74 Å². The summed E-state index contributed by atoms with van der Waals surface area (Å²) >= 11 is 6.17. The molecule has 1 aromatic carbocycles. The van der Waals surface area contributed by atoms with E-state index in [1.54, 1.807) is 49.0 Å². The Morgan fingerprint density at radius 2 is 1.97 bits per heavy atom. The Morgan fingerprint density at radius 1 is 1.18 bits per heavy atom. The molecule has 10 heteroatoms. The number of halogens is 3. The van der Waals surface area contributed by atoms with Gasteiger partial charge >= 0.3 is 6.61 Å². The largest absolute Gasteiger partial charge is 0.435 e. The summed E-state index contributed by atoms with van der Waals surface area (Å²) in [4.78, 5) is 13.3. The van der Waals surface area contributed by atoms with Crippen molar-refractivity contribution >= 4 is 17.2 Å². The molecular formula is C24H21ClF2N4O3. The van der Waals surface area contributed by atoms with E-state index in [2.05, 4.69) is 15.0 Å². The van der Waals surface area contributed by atoms with Crippen LogP contribution in [0.1, 0.15) is 54.9 Å². The molecule has 3 heterocycles. The van der Waals surface area contributed by atoms with E-state index in [1.165, 1.54) is 12.1 Å². The zero-order valence-electron chi connectivity index (χ0n) is 18.3. The third-order valence-electron chi connectivity index (χ3n) is 5.93. The maximum Gasteiger partial charge on any atom is 0.387 e. The third kappa shape index (κ3) is 4.00. The highest BCUT2D eigenvalue weighted by atomic mass is 35.5. The molecule has 0 spiro atoms. The number of rotatable bonds is 5.